The number of hydrogen-bond donors (Lipinski definition) is 1. The van der Waals surface area contributed by atoms with Crippen LogP contribution in [0.25, 0.3) is 11.1 Å². The highest BCUT2D eigenvalue weighted by molar-refractivity contribution is 7.90. The van der Waals surface area contributed by atoms with Gasteiger partial charge in [0.1, 0.15) is 0 Å². The first-order valence-corrected chi connectivity index (χ1v) is 9.60. The van der Waals surface area contributed by atoms with Gasteiger partial charge < -0.3 is 5.32 Å². The van der Waals surface area contributed by atoms with Gasteiger partial charge in [-0.3, -0.25) is 4.79 Å². The molecule has 4 nitrogen and oxygen atoms in total. The highest BCUT2D eigenvalue weighted by atomic mass is 32.2. The van der Waals surface area contributed by atoms with Crippen molar-refractivity contribution in [3.8, 4) is 11.1 Å². The van der Waals surface area contributed by atoms with Crippen molar-refractivity contribution in [2.24, 2.45) is 0 Å². The van der Waals surface area contributed by atoms with Crippen LogP contribution >= 0.6 is 0 Å². The molecule has 0 saturated carbocycles. The number of sulfone groups is 1. The SMILES string of the molecule is CS(=O)(=O)c1ccccc1-c1ccc(C(=O)Nc2ccccc2)cc1. The van der Waals surface area contributed by atoms with Gasteiger partial charge in [0.25, 0.3) is 5.91 Å². The molecule has 3 rings (SSSR count). The lowest BCUT2D eigenvalue weighted by molar-refractivity contribution is 0.102. The van der Waals surface area contributed by atoms with Crippen molar-refractivity contribution in [2.75, 3.05) is 11.6 Å². The maximum absolute atomic E-state index is 12.3. The fourth-order valence-electron chi connectivity index (χ4n) is 2.55. The normalized spacial score (nSPS) is 11.1. The largest absolute Gasteiger partial charge is 0.322 e. The highest BCUT2D eigenvalue weighted by Gasteiger charge is 2.14. The van der Waals surface area contributed by atoms with Crippen LogP contribution in [-0.2, 0) is 9.84 Å². The average Bonchev–Trinajstić information content (AvgIpc) is 2.62. The molecule has 3 aromatic rings. The van der Waals surface area contributed by atoms with Gasteiger partial charge in [0.2, 0.25) is 0 Å². The van der Waals surface area contributed by atoms with Crippen LogP contribution in [0.3, 0.4) is 0 Å². The molecule has 0 atom stereocenters. The molecular formula is C20H17NO3S. The van der Waals surface area contributed by atoms with E-state index in [9.17, 15) is 13.2 Å². The standard InChI is InChI=1S/C20H17NO3S/c1-25(23,24)19-10-6-5-9-18(19)15-11-13-16(14-12-15)20(22)21-17-7-3-2-4-8-17/h2-14H,1H3,(H,21,22). The van der Waals surface area contributed by atoms with Crippen LogP contribution in [-0.4, -0.2) is 20.6 Å². The third kappa shape index (κ3) is 3.95. The van der Waals surface area contributed by atoms with E-state index in [1.165, 1.54) is 6.26 Å². The van der Waals surface area contributed by atoms with Crippen LogP contribution in [0.15, 0.2) is 83.8 Å². The third-order valence-electron chi connectivity index (χ3n) is 3.78. The zero-order chi connectivity index (χ0) is 17.9. The molecule has 0 heterocycles. The Bertz CT molecular complexity index is 995. The molecule has 0 radical (unpaired) electrons. The van der Waals surface area contributed by atoms with Crippen molar-refractivity contribution in [3.05, 3.63) is 84.4 Å². The second-order valence-electron chi connectivity index (χ2n) is 5.67. The number of rotatable bonds is 4. The Morgan fingerprint density at radius 2 is 1.40 bits per heavy atom. The number of anilines is 1. The van der Waals surface area contributed by atoms with Gasteiger partial charge in [-0.25, -0.2) is 8.42 Å². The molecule has 0 aromatic heterocycles. The summed E-state index contributed by atoms with van der Waals surface area (Å²) in [4.78, 5) is 12.6. The monoisotopic (exact) mass is 351 g/mol. The Morgan fingerprint density at radius 1 is 0.800 bits per heavy atom. The lowest BCUT2D eigenvalue weighted by Crippen LogP contribution is -2.11. The smallest absolute Gasteiger partial charge is 0.255 e. The van der Waals surface area contributed by atoms with E-state index >= 15 is 0 Å². The summed E-state index contributed by atoms with van der Waals surface area (Å²) in [5.74, 6) is -0.214. The van der Waals surface area contributed by atoms with E-state index in [0.717, 1.165) is 11.3 Å². The van der Waals surface area contributed by atoms with Crippen molar-refractivity contribution in [2.45, 2.75) is 4.90 Å². The first-order valence-electron chi connectivity index (χ1n) is 7.71. The van der Waals surface area contributed by atoms with Crippen LogP contribution in [0.1, 0.15) is 10.4 Å². The first kappa shape index (κ1) is 16.9. The van der Waals surface area contributed by atoms with Crippen molar-refractivity contribution < 1.29 is 13.2 Å². The molecule has 0 fully saturated rings. The van der Waals surface area contributed by atoms with Crippen molar-refractivity contribution in [1.29, 1.82) is 0 Å². The van der Waals surface area contributed by atoms with Gasteiger partial charge >= 0.3 is 0 Å². The number of benzene rings is 3. The van der Waals surface area contributed by atoms with Gasteiger partial charge in [-0.05, 0) is 35.9 Å². The Hall–Kier alpha value is -2.92. The molecule has 0 unspecified atom stereocenters. The van der Waals surface area contributed by atoms with Crippen LogP contribution < -0.4 is 5.32 Å². The van der Waals surface area contributed by atoms with E-state index in [0.29, 0.717) is 11.1 Å². The quantitative estimate of drug-likeness (QED) is 0.772. The Morgan fingerprint density at radius 3 is 2.04 bits per heavy atom. The van der Waals surface area contributed by atoms with Crippen LogP contribution in [0.4, 0.5) is 5.69 Å². The van der Waals surface area contributed by atoms with Crippen molar-refractivity contribution >= 4 is 21.4 Å². The maximum Gasteiger partial charge on any atom is 0.255 e. The van der Waals surface area contributed by atoms with Gasteiger partial charge in [0.15, 0.2) is 9.84 Å². The summed E-state index contributed by atoms with van der Waals surface area (Å²) in [6.45, 7) is 0. The van der Waals surface area contributed by atoms with E-state index in [4.69, 9.17) is 0 Å². The summed E-state index contributed by atoms with van der Waals surface area (Å²) in [5, 5.41) is 2.82. The zero-order valence-electron chi connectivity index (χ0n) is 13.6. The summed E-state index contributed by atoms with van der Waals surface area (Å²) in [5.41, 5.74) is 2.60. The minimum absolute atomic E-state index is 0.214. The molecule has 0 bridgehead atoms. The van der Waals surface area contributed by atoms with E-state index in [1.807, 2.05) is 30.3 Å². The number of para-hydroxylation sites is 1. The number of nitrogens with one attached hydrogen (secondary N) is 1. The summed E-state index contributed by atoms with van der Waals surface area (Å²) in [6, 6.07) is 22.9. The predicted molar refractivity (Wildman–Crippen MR) is 99.4 cm³/mol. The van der Waals surface area contributed by atoms with Crippen LogP contribution in [0.2, 0.25) is 0 Å². The minimum atomic E-state index is -3.33. The van der Waals surface area contributed by atoms with Crippen LogP contribution in [0, 0.1) is 0 Å². The molecule has 0 spiro atoms. The summed E-state index contributed by atoms with van der Waals surface area (Å²) in [7, 11) is -3.33. The van der Waals surface area contributed by atoms with Crippen LogP contribution in [0.5, 0.6) is 0 Å². The van der Waals surface area contributed by atoms with Gasteiger partial charge in [-0.2, -0.15) is 0 Å². The molecule has 1 amide bonds. The average molecular weight is 351 g/mol. The number of carbonyl (C=O) groups excluding carboxylic acids is 1. The van der Waals surface area contributed by atoms with Gasteiger partial charge in [0, 0.05) is 23.1 Å². The molecule has 0 saturated heterocycles. The van der Waals surface area contributed by atoms with E-state index in [-0.39, 0.29) is 10.8 Å². The van der Waals surface area contributed by atoms with E-state index in [1.54, 1.807) is 48.5 Å². The maximum atomic E-state index is 12.3. The third-order valence-corrected chi connectivity index (χ3v) is 4.93. The molecule has 0 aliphatic heterocycles. The molecule has 3 aromatic carbocycles. The predicted octanol–water partition coefficient (Wildman–Crippen LogP) is 4.01. The van der Waals surface area contributed by atoms with Gasteiger partial charge in [-0.15, -0.1) is 0 Å². The first-order chi connectivity index (χ1) is 11.9. The zero-order valence-corrected chi connectivity index (χ0v) is 14.5. The fraction of sp³-hybridized carbons (Fsp3) is 0.0500. The number of carbonyl (C=O) groups is 1. The lowest BCUT2D eigenvalue weighted by atomic mass is 10.0. The molecule has 5 heteroatoms. The number of amides is 1. The molecular weight excluding hydrogens is 334 g/mol. The molecule has 0 aliphatic carbocycles. The summed E-state index contributed by atoms with van der Waals surface area (Å²) >= 11 is 0. The van der Waals surface area contributed by atoms with E-state index in [2.05, 4.69) is 5.32 Å². The van der Waals surface area contributed by atoms with Gasteiger partial charge in [0.05, 0.1) is 4.90 Å². The number of hydrogen-bond acceptors (Lipinski definition) is 3. The molecule has 25 heavy (non-hydrogen) atoms. The topological polar surface area (TPSA) is 63.2 Å². The van der Waals surface area contributed by atoms with Gasteiger partial charge in [-0.1, -0.05) is 48.5 Å². The summed E-state index contributed by atoms with van der Waals surface area (Å²) < 4.78 is 23.9. The summed E-state index contributed by atoms with van der Waals surface area (Å²) in [6.07, 6.45) is 1.19. The second-order valence-corrected chi connectivity index (χ2v) is 7.65. The minimum Gasteiger partial charge on any atom is -0.322 e. The molecule has 1 N–H and O–H groups in total. The fourth-order valence-corrected chi connectivity index (χ4v) is 3.47. The van der Waals surface area contributed by atoms with Crippen molar-refractivity contribution in [3.63, 3.8) is 0 Å². The van der Waals surface area contributed by atoms with E-state index < -0.39 is 9.84 Å². The molecule has 126 valence electrons. The second kappa shape index (κ2) is 6.91. The highest BCUT2D eigenvalue weighted by Crippen LogP contribution is 2.27. The Labute approximate surface area is 147 Å². The molecule has 0 aliphatic rings. The Kier molecular flexibility index (Phi) is 4.67. The Balaban J connectivity index is 1.88. The lowest BCUT2D eigenvalue weighted by Gasteiger charge is -2.09. The van der Waals surface area contributed by atoms with Crippen molar-refractivity contribution in [1.82, 2.24) is 0 Å².